The van der Waals surface area contributed by atoms with Crippen molar-refractivity contribution < 1.29 is 0 Å². The zero-order valence-corrected chi connectivity index (χ0v) is 9.05. The molecule has 0 aromatic rings. The number of hydrogen-bond acceptors (Lipinski definition) is 1. The third kappa shape index (κ3) is 2.79. The first kappa shape index (κ1) is 12.5. The SMILES string of the molecule is C1CCC2NCCCC2C1.Cl.Cl. The van der Waals surface area contributed by atoms with Crippen LogP contribution in [0.25, 0.3) is 0 Å². The van der Waals surface area contributed by atoms with Crippen LogP contribution < -0.4 is 5.32 Å². The first-order chi connectivity index (χ1) is 4.97. The number of fused-ring (bicyclic) bond motifs is 1. The summed E-state index contributed by atoms with van der Waals surface area (Å²) in [7, 11) is 0. The lowest BCUT2D eigenvalue weighted by molar-refractivity contribution is 0.212. The molecule has 1 aliphatic heterocycles. The summed E-state index contributed by atoms with van der Waals surface area (Å²) in [4.78, 5) is 0. The zero-order valence-electron chi connectivity index (χ0n) is 7.42. The van der Waals surface area contributed by atoms with E-state index in [1.165, 1.54) is 45.1 Å². The Morgan fingerprint density at radius 2 is 1.50 bits per heavy atom. The van der Waals surface area contributed by atoms with Crippen LogP contribution in [0.15, 0.2) is 0 Å². The summed E-state index contributed by atoms with van der Waals surface area (Å²) in [6.45, 7) is 1.28. The van der Waals surface area contributed by atoms with Crippen molar-refractivity contribution in [3.63, 3.8) is 0 Å². The van der Waals surface area contributed by atoms with E-state index < -0.39 is 0 Å². The Bertz CT molecular complexity index is 93.1. The van der Waals surface area contributed by atoms with Gasteiger partial charge in [0.15, 0.2) is 0 Å². The van der Waals surface area contributed by atoms with Gasteiger partial charge in [0.2, 0.25) is 0 Å². The van der Waals surface area contributed by atoms with Crippen LogP contribution in [0.3, 0.4) is 0 Å². The molecule has 74 valence electrons. The summed E-state index contributed by atoms with van der Waals surface area (Å²) in [5, 5.41) is 3.62. The van der Waals surface area contributed by atoms with Crippen LogP contribution in [0.4, 0.5) is 0 Å². The van der Waals surface area contributed by atoms with E-state index in [9.17, 15) is 0 Å². The highest BCUT2D eigenvalue weighted by Gasteiger charge is 2.26. The number of halogens is 2. The quantitative estimate of drug-likeness (QED) is 0.651. The van der Waals surface area contributed by atoms with E-state index in [2.05, 4.69) is 5.32 Å². The molecule has 0 radical (unpaired) electrons. The molecule has 1 N–H and O–H groups in total. The molecule has 2 unspecified atom stereocenters. The van der Waals surface area contributed by atoms with Gasteiger partial charge in [0.05, 0.1) is 0 Å². The standard InChI is InChI=1S/C9H17N.2ClH/c1-2-6-9-8(4-1)5-3-7-10-9;;/h8-10H,1-7H2;2*1H. The first-order valence-corrected chi connectivity index (χ1v) is 4.70. The molecule has 2 aliphatic rings. The van der Waals surface area contributed by atoms with E-state index in [4.69, 9.17) is 0 Å². The summed E-state index contributed by atoms with van der Waals surface area (Å²) < 4.78 is 0. The Balaban J connectivity index is 0.000000605. The second-order valence-electron chi connectivity index (χ2n) is 3.75. The van der Waals surface area contributed by atoms with Gasteiger partial charge in [-0.05, 0) is 38.1 Å². The second kappa shape index (κ2) is 6.06. The highest BCUT2D eigenvalue weighted by molar-refractivity contribution is 5.85. The summed E-state index contributed by atoms with van der Waals surface area (Å²) in [6.07, 6.45) is 8.82. The Kier molecular flexibility index (Phi) is 6.34. The molecule has 0 spiro atoms. The molecule has 0 aromatic carbocycles. The molecule has 0 amide bonds. The second-order valence-corrected chi connectivity index (χ2v) is 3.75. The van der Waals surface area contributed by atoms with Crippen LogP contribution in [0.2, 0.25) is 0 Å². The zero-order chi connectivity index (χ0) is 6.81. The van der Waals surface area contributed by atoms with Gasteiger partial charge < -0.3 is 5.32 Å². The predicted octanol–water partition coefficient (Wildman–Crippen LogP) is 2.77. The smallest absolute Gasteiger partial charge is 0.00953 e. The molecule has 1 nitrogen and oxygen atoms in total. The number of hydrogen-bond donors (Lipinski definition) is 1. The van der Waals surface area contributed by atoms with Crippen molar-refractivity contribution in [2.24, 2.45) is 5.92 Å². The molecule has 2 atom stereocenters. The van der Waals surface area contributed by atoms with Gasteiger partial charge in [0.1, 0.15) is 0 Å². The molecule has 12 heavy (non-hydrogen) atoms. The minimum atomic E-state index is 0. The molecule has 1 aliphatic carbocycles. The van der Waals surface area contributed by atoms with Crippen LogP contribution in [-0.2, 0) is 0 Å². The molecule has 1 saturated carbocycles. The van der Waals surface area contributed by atoms with Gasteiger partial charge in [-0.3, -0.25) is 0 Å². The molecule has 0 bridgehead atoms. The third-order valence-corrected chi connectivity index (χ3v) is 3.07. The molecule has 1 heterocycles. The lowest BCUT2D eigenvalue weighted by Crippen LogP contribution is -2.42. The average molecular weight is 212 g/mol. The average Bonchev–Trinajstić information content (AvgIpc) is 2.05. The van der Waals surface area contributed by atoms with Crippen molar-refractivity contribution in [2.45, 2.75) is 44.6 Å². The van der Waals surface area contributed by atoms with Crippen LogP contribution in [0.1, 0.15) is 38.5 Å². The van der Waals surface area contributed by atoms with Gasteiger partial charge in [-0.1, -0.05) is 12.8 Å². The lowest BCUT2D eigenvalue weighted by Gasteiger charge is -2.36. The summed E-state index contributed by atoms with van der Waals surface area (Å²) in [5.41, 5.74) is 0. The predicted molar refractivity (Wildman–Crippen MR) is 57.5 cm³/mol. The fraction of sp³-hybridized carbons (Fsp3) is 1.00. The summed E-state index contributed by atoms with van der Waals surface area (Å²) >= 11 is 0. The monoisotopic (exact) mass is 211 g/mol. The van der Waals surface area contributed by atoms with Gasteiger partial charge in [-0.2, -0.15) is 0 Å². The van der Waals surface area contributed by atoms with E-state index in [-0.39, 0.29) is 24.8 Å². The van der Waals surface area contributed by atoms with Gasteiger partial charge in [0, 0.05) is 6.04 Å². The van der Waals surface area contributed by atoms with Gasteiger partial charge >= 0.3 is 0 Å². The number of rotatable bonds is 0. The van der Waals surface area contributed by atoms with E-state index in [1.807, 2.05) is 0 Å². The van der Waals surface area contributed by atoms with E-state index in [0.717, 1.165) is 12.0 Å². The maximum atomic E-state index is 3.62. The number of piperidine rings is 1. The summed E-state index contributed by atoms with van der Waals surface area (Å²) in [6, 6.07) is 0.905. The topological polar surface area (TPSA) is 12.0 Å². The van der Waals surface area contributed by atoms with Crippen molar-refractivity contribution in [1.82, 2.24) is 5.32 Å². The van der Waals surface area contributed by atoms with Crippen molar-refractivity contribution in [2.75, 3.05) is 6.54 Å². The van der Waals surface area contributed by atoms with Crippen molar-refractivity contribution in [3.05, 3.63) is 0 Å². The largest absolute Gasteiger partial charge is 0.314 e. The number of nitrogens with one attached hydrogen (secondary N) is 1. The fourth-order valence-electron chi connectivity index (χ4n) is 2.47. The lowest BCUT2D eigenvalue weighted by atomic mass is 9.80. The van der Waals surface area contributed by atoms with E-state index >= 15 is 0 Å². The molecule has 2 rings (SSSR count). The van der Waals surface area contributed by atoms with Crippen LogP contribution in [0.5, 0.6) is 0 Å². The van der Waals surface area contributed by atoms with Gasteiger partial charge in [-0.15, -0.1) is 24.8 Å². The Labute approximate surface area is 87.5 Å². The first-order valence-electron chi connectivity index (χ1n) is 4.70. The van der Waals surface area contributed by atoms with Crippen molar-refractivity contribution >= 4 is 24.8 Å². The molecular weight excluding hydrogens is 193 g/mol. The van der Waals surface area contributed by atoms with E-state index in [1.54, 1.807) is 0 Å². The molecular formula is C9H19Cl2N. The highest BCUT2D eigenvalue weighted by atomic mass is 35.5. The van der Waals surface area contributed by atoms with Crippen molar-refractivity contribution in [3.8, 4) is 0 Å². The molecule has 3 heteroatoms. The Hall–Kier alpha value is 0.540. The fourth-order valence-corrected chi connectivity index (χ4v) is 2.47. The molecule has 0 aromatic heterocycles. The maximum absolute atomic E-state index is 3.62. The minimum Gasteiger partial charge on any atom is -0.314 e. The molecule has 2 fully saturated rings. The third-order valence-electron chi connectivity index (χ3n) is 3.07. The van der Waals surface area contributed by atoms with Gasteiger partial charge in [-0.25, -0.2) is 0 Å². The van der Waals surface area contributed by atoms with Crippen LogP contribution in [0, 0.1) is 5.92 Å². The van der Waals surface area contributed by atoms with E-state index in [0.29, 0.717) is 0 Å². The highest BCUT2D eigenvalue weighted by Crippen LogP contribution is 2.29. The maximum Gasteiger partial charge on any atom is 0.00953 e. The van der Waals surface area contributed by atoms with Crippen LogP contribution >= 0.6 is 24.8 Å². The Morgan fingerprint density at radius 3 is 2.25 bits per heavy atom. The normalized spacial score (nSPS) is 34.0. The summed E-state index contributed by atoms with van der Waals surface area (Å²) in [5.74, 6) is 1.04. The van der Waals surface area contributed by atoms with Crippen molar-refractivity contribution in [1.29, 1.82) is 0 Å². The van der Waals surface area contributed by atoms with Crippen LogP contribution in [-0.4, -0.2) is 12.6 Å². The van der Waals surface area contributed by atoms with Gasteiger partial charge in [0.25, 0.3) is 0 Å². The molecule has 1 saturated heterocycles. The Morgan fingerprint density at radius 1 is 0.833 bits per heavy atom. The minimum absolute atomic E-state index is 0.